The van der Waals surface area contributed by atoms with E-state index in [4.69, 9.17) is 4.74 Å². The molecule has 0 aromatic heterocycles. The smallest absolute Gasteiger partial charge is 0.124 e. The molecular weight excluding hydrogens is 169 g/mol. The van der Waals surface area contributed by atoms with Gasteiger partial charge in [0.05, 0.1) is 0 Å². The molecule has 0 amide bonds. The van der Waals surface area contributed by atoms with Crippen LogP contribution in [0.4, 0.5) is 4.39 Å². The maximum absolute atomic E-state index is 12.5. The highest BCUT2D eigenvalue weighted by Gasteiger charge is 2.24. The molecule has 70 valence electrons. The van der Waals surface area contributed by atoms with Crippen LogP contribution in [-0.2, 0) is 0 Å². The fourth-order valence-electron chi connectivity index (χ4n) is 1.42. The molecule has 0 atom stereocenters. The maximum Gasteiger partial charge on any atom is 0.124 e. The van der Waals surface area contributed by atoms with Gasteiger partial charge in [-0.05, 0) is 31.3 Å². The lowest BCUT2D eigenvalue weighted by Crippen LogP contribution is -2.51. The van der Waals surface area contributed by atoms with E-state index in [1.165, 1.54) is 12.1 Å². The summed E-state index contributed by atoms with van der Waals surface area (Å²) in [4.78, 5) is 2.17. The molecule has 0 radical (unpaired) electrons. The molecule has 1 saturated heterocycles. The van der Waals surface area contributed by atoms with Crippen molar-refractivity contribution in [3.63, 3.8) is 0 Å². The van der Waals surface area contributed by atoms with E-state index in [1.54, 1.807) is 12.1 Å². The van der Waals surface area contributed by atoms with Crippen LogP contribution in [0.15, 0.2) is 24.3 Å². The molecule has 1 fully saturated rings. The molecule has 0 saturated carbocycles. The zero-order chi connectivity index (χ0) is 9.26. The van der Waals surface area contributed by atoms with Gasteiger partial charge < -0.3 is 4.74 Å². The first kappa shape index (κ1) is 8.51. The summed E-state index contributed by atoms with van der Waals surface area (Å²) >= 11 is 0. The van der Waals surface area contributed by atoms with E-state index in [1.807, 2.05) is 7.05 Å². The van der Waals surface area contributed by atoms with Gasteiger partial charge in [0.1, 0.15) is 17.7 Å². The van der Waals surface area contributed by atoms with Gasteiger partial charge in [0.2, 0.25) is 0 Å². The molecule has 0 N–H and O–H groups in total. The summed E-state index contributed by atoms with van der Waals surface area (Å²) in [5.74, 6) is 0.526. The van der Waals surface area contributed by atoms with Crippen molar-refractivity contribution >= 4 is 0 Å². The Morgan fingerprint density at radius 3 is 2.46 bits per heavy atom. The lowest BCUT2D eigenvalue weighted by Gasteiger charge is -2.35. The number of hydrogen-bond acceptors (Lipinski definition) is 2. The van der Waals surface area contributed by atoms with Gasteiger partial charge in [0.15, 0.2) is 0 Å². The Morgan fingerprint density at radius 1 is 1.31 bits per heavy atom. The quantitative estimate of drug-likeness (QED) is 0.685. The molecule has 2 nitrogen and oxygen atoms in total. The van der Waals surface area contributed by atoms with Gasteiger partial charge in [0.25, 0.3) is 0 Å². The summed E-state index contributed by atoms with van der Waals surface area (Å²) in [5, 5.41) is 0. The molecule has 1 aliphatic rings. The molecule has 1 aromatic rings. The first-order valence-corrected chi connectivity index (χ1v) is 4.35. The Balaban J connectivity index is 1.91. The van der Waals surface area contributed by atoms with Crippen molar-refractivity contribution in [1.82, 2.24) is 4.90 Å². The zero-order valence-electron chi connectivity index (χ0n) is 7.53. The Kier molecular flexibility index (Phi) is 2.19. The zero-order valence-corrected chi connectivity index (χ0v) is 7.53. The van der Waals surface area contributed by atoms with Gasteiger partial charge in [-0.2, -0.15) is 0 Å². The number of ether oxygens (including phenoxy) is 1. The predicted molar refractivity (Wildman–Crippen MR) is 48.3 cm³/mol. The standard InChI is InChI=1S/C10H12FNO/c1-12-6-10(7-12)13-9-4-2-8(11)3-5-9/h2-5,10H,6-7H2,1H3. The minimum Gasteiger partial charge on any atom is -0.488 e. The van der Waals surface area contributed by atoms with Crippen LogP contribution in [0.25, 0.3) is 0 Å². The highest BCUT2D eigenvalue weighted by atomic mass is 19.1. The van der Waals surface area contributed by atoms with E-state index in [0.717, 1.165) is 18.8 Å². The average molecular weight is 181 g/mol. The monoisotopic (exact) mass is 181 g/mol. The van der Waals surface area contributed by atoms with Crippen LogP contribution in [0.5, 0.6) is 5.75 Å². The minimum absolute atomic E-state index is 0.224. The first-order valence-electron chi connectivity index (χ1n) is 4.35. The first-order chi connectivity index (χ1) is 6.24. The average Bonchev–Trinajstić information content (AvgIpc) is 2.06. The lowest BCUT2D eigenvalue weighted by atomic mass is 10.2. The second-order valence-electron chi connectivity index (χ2n) is 3.41. The maximum atomic E-state index is 12.5. The molecule has 2 rings (SSSR count). The van der Waals surface area contributed by atoms with Crippen LogP contribution in [0.3, 0.4) is 0 Å². The van der Waals surface area contributed by atoms with Crippen LogP contribution in [0.2, 0.25) is 0 Å². The summed E-state index contributed by atoms with van der Waals surface area (Å²) in [5.41, 5.74) is 0. The third-order valence-corrected chi connectivity index (χ3v) is 2.15. The van der Waals surface area contributed by atoms with E-state index >= 15 is 0 Å². The highest BCUT2D eigenvalue weighted by molar-refractivity contribution is 5.22. The van der Waals surface area contributed by atoms with Crippen molar-refractivity contribution in [3.8, 4) is 5.75 Å². The van der Waals surface area contributed by atoms with Crippen molar-refractivity contribution < 1.29 is 9.13 Å². The minimum atomic E-state index is -0.224. The molecule has 1 aliphatic heterocycles. The summed E-state index contributed by atoms with van der Waals surface area (Å²) in [6.07, 6.45) is 0.274. The van der Waals surface area contributed by atoms with Crippen molar-refractivity contribution in [2.75, 3.05) is 20.1 Å². The number of nitrogens with zero attached hydrogens (tertiary/aromatic N) is 1. The van der Waals surface area contributed by atoms with Gasteiger partial charge in [-0.1, -0.05) is 0 Å². The van der Waals surface area contributed by atoms with E-state index in [2.05, 4.69) is 4.90 Å². The van der Waals surface area contributed by atoms with Crippen LogP contribution >= 0.6 is 0 Å². The molecule has 3 heteroatoms. The SMILES string of the molecule is CN1CC(Oc2ccc(F)cc2)C1. The van der Waals surface area contributed by atoms with Crippen LogP contribution in [-0.4, -0.2) is 31.1 Å². The number of likely N-dealkylation sites (tertiary alicyclic amines) is 1. The molecule has 1 aromatic carbocycles. The van der Waals surface area contributed by atoms with Gasteiger partial charge in [0, 0.05) is 13.1 Å². The summed E-state index contributed by atoms with van der Waals surface area (Å²) in [6.45, 7) is 1.91. The van der Waals surface area contributed by atoms with Crippen LogP contribution in [0, 0.1) is 5.82 Å². The molecule has 0 aliphatic carbocycles. The fourth-order valence-corrected chi connectivity index (χ4v) is 1.42. The largest absolute Gasteiger partial charge is 0.488 e. The van der Waals surface area contributed by atoms with Gasteiger partial charge in [-0.15, -0.1) is 0 Å². The van der Waals surface area contributed by atoms with E-state index < -0.39 is 0 Å². The van der Waals surface area contributed by atoms with Crippen molar-refractivity contribution in [2.24, 2.45) is 0 Å². The highest BCUT2D eigenvalue weighted by Crippen LogP contribution is 2.16. The normalized spacial score (nSPS) is 18.3. The number of hydrogen-bond donors (Lipinski definition) is 0. The lowest BCUT2D eigenvalue weighted by molar-refractivity contribution is 0.0388. The van der Waals surface area contributed by atoms with Crippen molar-refractivity contribution in [1.29, 1.82) is 0 Å². The predicted octanol–water partition coefficient (Wildman–Crippen LogP) is 1.52. The summed E-state index contributed by atoms with van der Waals surface area (Å²) in [7, 11) is 2.05. The van der Waals surface area contributed by atoms with Crippen molar-refractivity contribution in [2.45, 2.75) is 6.10 Å². The number of benzene rings is 1. The van der Waals surface area contributed by atoms with Crippen LogP contribution in [0.1, 0.15) is 0 Å². The van der Waals surface area contributed by atoms with Crippen LogP contribution < -0.4 is 4.74 Å². The molecule has 0 bridgehead atoms. The Bertz CT molecular complexity index is 279. The molecule has 13 heavy (non-hydrogen) atoms. The summed E-state index contributed by atoms with van der Waals surface area (Å²) < 4.78 is 18.1. The second-order valence-corrected chi connectivity index (χ2v) is 3.41. The third kappa shape index (κ3) is 1.98. The van der Waals surface area contributed by atoms with Crippen molar-refractivity contribution in [3.05, 3.63) is 30.1 Å². The van der Waals surface area contributed by atoms with Gasteiger partial charge >= 0.3 is 0 Å². The Morgan fingerprint density at radius 2 is 1.92 bits per heavy atom. The second kappa shape index (κ2) is 3.34. The molecule has 0 spiro atoms. The third-order valence-electron chi connectivity index (χ3n) is 2.15. The van der Waals surface area contributed by atoms with E-state index in [0.29, 0.717) is 0 Å². The fraction of sp³-hybridized carbons (Fsp3) is 0.400. The number of likely N-dealkylation sites (N-methyl/N-ethyl adjacent to an activating group) is 1. The Labute approximate surface area is 76.9 Å². The molecule has 1 heterocycles. The molecule has 0 unspecified atom stereocenters. The molecular formula is C10H12FNO. The van der Waals surface area contributed by atoms with Gasteiger partial charge in [-0.3, -0.25) is 4.90 Å². The van der Waals surface area contributed by atoms with Gasteiger partial charge in [-0.25, -0.2) is 4.39 Å². The number of rotatable bonds is 2. The topological polar surface area (TPSA) is 12.5 Å². The Hall–Kier alpha value is -1.09. The van der Waals surface area contributed by atoms with E-state index in [-0.39, 0.29) is 11.9 Å². The van der Waals surface area contributed by atoms with E-state index in [9.17, 15) is 4.39 Å². The number of halogens is 1. The summed E-state index contributed by atoms with van der Waals surface area (Å²) in [6, 6.07) is 6.15.